The second kappa shape index (κ2) is 5.48. The Bertz CT molecular complexity index is 616. The number of halogens is 2. The average molecular weight is 408 g/mol. The third-order valence-electron chi connectivity index (χ3n) is 2.40. The first-order chi connectivity index (χ1) is 8.93. The monoisotopic (exact) mass is 406 g/mol. The number of thiocarbonyl (C=S) groups is 1. The van der Waals surface area contributed by atoms with Gasteiger partial charge in [0.05, 0.1) is 11.6 Å². The first-order valence-corrected chi connectivity index (χ1v) is 7.02. The van der Waals surface area contributed by atoms with Crippen molar-refractivity contribution in [1.29, 1.82) is 0 Å². The molecule has 1 aliphatic rings. The molecule has 0 atom stereocenters. The molecular formula is C11H8Br2N2O3S. The summed E-state index contributed by atoms with van der Waals surface area (Å²) >= 11 is 11.4. The predicted molar refractivity (Wildman–Crippen MR) is 81.9 cm³/mol. The van der Waals surface area contributed by atoms with Gasteiger partial charge in [-0.15, -0.1) is 0 Å². The summed E-state index contributed by atoms with van der Waals surface area (Å²) in [6.45, 7) is 0. The smallest absolute Gasteiger partial charge is 0.273 e. The molecule has 1 aliphatic heterocycles. The fourth-order valence-corrected chi connectivity index (χ4v) is 3.22. The number of aromatic hydroxyl groups is 1. The van der Waals surface area contributed by atoms with Gasteiger partial charge in [0.1, 0.15) is 15.9 Å². The van der Waals surface area contributed by atoms with Crippen molar-refractivity contribution in [2.45, 2.75) is 0 Å². The molecule has 0 saturated carbocycles. The fraction of sp³-hybridized carbons (Fsp3) is 0.0909. The normalized spacial score (nSPS) is 16.5. The van der Waals surface area contributed by atoms with Gasteiger partial charge < -0.3 is 15.2 Å². The fourth-order valence-electron chi connectivity index (χ4n) is 1.54. The zero-order valence-electron chi connectivity index (χ0n) is 9.58. The highest BCUT2D eigenvalue weighted by atomic mass is 79.9. The maximum absolute atomic E-state index is 11.5. The van der Waals surface area contributed by atoms with Crippen LogP contribution in [-0.4, -0.2) is 23.2 Å². The van der Waals surface area contributed by atoms with Crippen LogP contribution in [0.5, 0.6) is 11.5 Å². The first kappa shape index (κ1) is 14.3. The van der Waals surface area contributed by atoms with E-state index in [1.54, 1.807) is 6.07 Å². The van der Waals surface area contributed by atoms with Crippen molar-refractivity contribution in [3.8, 4) is 11.5 Å². The van der Waals surface area contributed by atoms with E-state index in [2.05, 4.69) is 42.5 Å². The van der Waals surface area contributed by atoms with Crippen LogP contribution in [0.1, 0.15) is 5.56 Å². The standard InChI is InChI=1S/C11H8Br2N2O3S/c1-18-9-5(12)2-4(8(16)7(9)13)3-6-10(17)15-11(19)14-6/h2-3,16H,1H3,(H2,14,15,17,19)/b6-3+. The van der Waals surface area contributed by atoms with E-state index < -0.39 is 0 Å². The molecule has 1 aromatic rings. The van der Waals surface area contributed by atoms with Crippen LogP contribution in [0.4, 0.5) is 0 Å². The van der Waals surface area contributed by atoms with Gasteiger partial charge in [0.25, 0.3) is 5.91 Å². The number of benzene rings is 1. The Kier molecular flexibility index (Phi) is 4.12. The number of amides is 1. The lowest BCUT2D eigenvalue weighted by Gasteiger charge is -2.10. The molecule has 0 spiro atoms. The largest absolute Gasteiger partial charge is 0.506 e. The van der Waals surface area contributed by atoms with E-state index >= 15 is 0 Å². The second-order valence-corrected chi connectivity index (χ2v) is 5.67. The van der Waals surface area contributed by atoms with Crippen LogP contribution in [0, 0.1) is 0 Å². The van der Waals surface area contributed by atoms with Crippen molar-refractivity contribution >= 4 is 61.2 Å². The summed E-state index contributed by atoms with van der Waals surface area (Å²) in [6, 6.07) is 1.64. The maximum Gasteiger partial charge on any atom is 0.273 e. The third kappa shape index (κ3) is 2.75. The summed E-state index contributed by atoms with van der Waals surface area (Å²) in [5, 5.41) is 15.4. The number of phenols is 1. The van der Waals surface area contributed by atoms with Crippen LogP contribution < -0.4 is 15.4 Å². The number of nitrogens with one attached hydrogen (secondary N) is 2. The highest BCUT2D eigenvalue weighted by Crippen LogP contribution is 2.42. The molecule has 0 radical (unpaired) electrons. The van der Waals surface area contributed by atoms with Crippen LogP contribution >= 0.6 is 44.1 Å². The summed E-state index contributed by atoms with van der Waals surface area (Å²) in [4.78, 5) is 11.5. The number of phenolic OH excluding ortho intramolecular Hbond substituents is 1. The lowest BCUT2D eigenvalue weighted by Crippen LogP contribution is -2.21. The van der Waals surface area contributed by atoms with Gasteiger partial charge in [-0.2, -0.15) is 0 Å². The topological polar surface area (TPSA) is 70.6 Å². The Morgan fingerprint density at radius 2 is 2.11 bits per heavy atom. The second-order valence-electron chi connectivity index (χ2n) is 3.61. The van der Waals surface area contributed by atoms with E-state index in [4.69, 9.17) is 17.0 Å². The Morgan fingerprint density at radius 3 is 2.63 bits per heavy atom. The zero-order valence-corrected chi connectivity index (χ0v) is 13.6. The van der Waals surface area contributed by atoms with Gasteiger partial charge in [0.2, 0.25) is 0 Å². The molecule has 2 rings (SSSR count). The van der Waals surface area contributed by atoms with Crippen LogP contribution in [0.15, 0.2) is 20.7 Å². The minimum Gasteiger partial charge on any atom is -0.506 e. The van der Waals surface area contributed by atoms with Crippen molar-refractivity contribution in [3.63, 3.8) is 0 Å². The summed E-state index contributed by atoms with van der Waals surface area (Å²) in [7, 11) is 1.49. The summed E-state index contributed by atoms with van der Waals surface area (Å²) < 4.78 is 6.18. The van der Waals surface area contributed by atoms with E-state index in [9.17, 15) is 9.90 Å². The molecule has 0 aromatic heterocycles. The number of hydrogen-bond donors (Lipinski definition) is 3. The van der Waals surface area contributed by atoms with E-state index in [-0.39, 0.29) is 22.5 Å². The van der Waals surface area contributed by atoms with E-state index in [0.717, 1.165) is 0 Å². The van der Waals surface area contributed by atoms with Crippen LogP contribution in [0.3, 0.4) is 0 Å². The molecular weight excluding hydrogens is 400 g/mol. The molecule has 8 heteroatoms. The van der Waals surface area contributed by atoms with Gasteiger partial charge in [-0.3, -0.25) is 10.1 Å². The predicted octanol–water partition coefficient (Wildman–Crippen LogP) is 2.27. The number of hydrogen-bond acceptors (Lipinski definition) is 4. The Balaban J connectivity index is 2.50. The minimum absolute atomic E-state index is 0.0278. The molecule has 5 nitrogen and oxygen atoms in total. The lowest BCUT2D eigenvalue weighted by atomic mass is 10.1. The van der Waals surface area contributed by atoms with Gasteiger partial charge in [-0.1, -0.05) is 0 Å². The lowest BCUT2D eigenvalue weighted by molar-refractivity contribution is -0.115. The van der Waals surface area contributed by atoms with Crippen molar-refractivity contribution in [2.75, 3.05) is 7.11 Å². The van der Waals surface area contributed by atoms with Gasteiger partial charge >= 0.3 is 0 Å². The molecule has 1 heterocycles. The number of rotatable bonds is 2. The van der Waals surface area contributed by atoms with Crippen LogP contribution in [0.2, 0.25) is 0 Å². The first-order valence-electron chi connectivity index (χ1n) is 5.03. The quantitative estimate of drug-likeness (QED) is 0.518. The van der Waals surface area contributed by atoms with Gasteiger partial charge in [0, 0.05) is 5.56 Å². The number of carbonyl (C=O) groups is 1. The molecule has 1 saturated heterocycles. The Labute approximate surface area is 131 Å². The SMILES string of the molecule is COc1c(Br)cc(/C=C2/NC(=S)NC2=O)c(O)c1Br. The third-order valence-corrected chi connectivity index (χ3v) is 3.93. The molecule has 1 fully saturated rings. The molecule has 3 N–H and O–H groups in total. The molecule has 1 amide bonds. The van der Waals surface area contributed by atoms with Crippen molar-refractivity contribution < 1.29 is 14.6 Å². The van der Waals surface area contributed by atoms with Crippen LogP contribution in [-0.2, 0) is 4.79 Å². The van der Waals surface area contributed by atoms with Crippen LogP contribution in [0.25, 0.3) is 6.08 Å². The highest BCUT2D eigenvalue weighted by Gasteiger charge is 2.22. The summed E-state index contributed by atoms with van der Waals surface area (Å²) in [5.74, 6) is 0.103. The van der Waals surface area contributed by atoms with Crippen molar-refractivity contribution in [2.24, 2.45) is 0 Å². The molecule has 0 bridgehead atoms. The summed E-state index contributed by atoms with van der Waals surface area (Å²) in [5.41, 5.74) is 0.714. The number of carbonyl (C=O) groups excluding carboxylic acids is 1. The van der Waals surface area contributed by atoms with E-state index in [1.807, 2.05) is 0 Å². The maximum atomic E-state index is 11.5. The van der Waals surface area contributed by atoms with Gasteiger partial charge in [-0.25, -0.2) is 0 Å². The Hall–Kier alpha value is -1.12. The van der Waals surface area contributed by atoms with Gasteiger partial charge in [0.15, 0.2) is 10.9 Å². The van der Waals surface area contributed by atoms with Crippen molar-refractivity contribution in [1.82, 2.24) is 10.6 Å². The number of ether oxygens (including phenoxy) is 1. The zero-order chi connectivity index (χ0) is 14.2. The van der Waals surface area contributed by atoms with E-state index in [0.29, 0.717) is 20.3 Å². The highest BCUT2D eigenvalue weighted by molar-refractivity contribution is 9.11. The minimum atomic E-state index is -0.340. The van der Waals surface area contributed by atoms with Gasteiger partial charge in [-0.05, 0) is 56.2 Å². The van der Waals surface area contributed by atoms with Crippen molar-refractivity contribution in [3.05, 3.63) is 26.3 Å². The molecule has 19 heavy (non-hydrogen) atoms. The Morgan fingerprint density at radius 1 is 1.42 bits per heavy atom. The van der Waals surface area contributed by atoms with E-state index in [1.165, 1.54) is 13.2 Å². The molecule has 100 valence electrons. The summed E-state index contributed by atoms with van der Waals surface area (Å²) in [6.07, 6.45) is 1.50. The molecule has 0 aliphatic carbocycles. The number of methoxy groups -OCH3 is 1. The molecule has 0 unspecified atom stereocenters. The molecule has 1 aromatic carbocycles. The average Bonchev–Trinajstić information content (AvgIpc) is 2.65.